The van der Waals surface area contributed by atoms with Gasteiger partial charge in [0, 0.05) is 15.7 Å². The van der Waals surface area contributed by atoms with Gasteiger partial charge in [0.05, 0.1) is 5.92 Å². The minimum absolute atomic E-state index is 0.0295. The number of alkyl halides is 3. The Morgan fingerprint density at radius 3 is 2.40 bits per heavy atom. The standard InChI is InChI=1S/C13H14F3IN2O/c14-13(15,16)9-3-1-8(2-4-9)12(20)19-11-6-5-10(17)7-18-11/h5-9H,1-4H2,(H,18,19,20). The molecule has 20 heavy (non-hydrogen) atoms. The summed E-state index contributed by atoms with van der Waals surface area (Å²) in [7, 11) is 0. The predicted molar refractivity (Wildman–Crippen MR) is 77.1 cm³/mol. The topological polar surface area (TPSA) is 42.0 Å². The van der Waals surface area contributed by atoms with Gasteiger partial charge in [-0.05, 0) is 60.4 Å². The van der Waals surface area contributed by atoms with Crippen LogP contribution in [0.1, 0.15) is 25.7 Å². The van der Waals surface area contributed by atoms with Crippen molar-refractivity contribution in [3.63, 3.8) is 0 Å². The van der Waals surface area contributed by atoms with Crippen LogP contribution < -0.4 is 5.32 Å². The molecule has 110 valence electrons. The number of rotatable bonds is 2. The fourth-order valence-corrected chi connectivity index (χ4v) is 2.68. The van der Waals surface area contributed by atoms with Gasteiger partial charge in [-0.25, -0.2) is 4.98 Å². The maximum atomic E-state index is 12.5. The molecule has 1 aliphatic carbocycles. The first kappa shape index (κ1) is 15.5. The van der Waals surface area contributed by atoms with E-state index < -0.39 is 12.1 Å². The first-order valence-corrected chi connectivity index (χ1v) is 7.43. The quantitative estimate of drug-likeness (QED) is 0.766. The van der Waals surface area contributed by atoms with Crippen LogP contribution in [0.4, 0.5) is 19.0 Å². The van der Waals surface area contributed by atoms with Gasteiger partial charge in [0.1, 0.15) is 5.82 Å². The number of anilines is 1. The molecule has 1 saturated carbocycles. The molecule has 0 radical (unpaired) electrons. The summed E-state index contributed by atoms with van der Waals surface area (Å²) in [5.41, 5.74) is 0. The Morgan fingerprint density at radius 1 is 1.25 bits per heavy atom. The van der Waals surface area contributed by atoms with E-state index in [1.807, 2.05) is 6.07 Å². The number of carbonyl (C=O) groups excluding carboxylic acids is 1. The molecule has 1 heterocycles. The molecular weight excluding hydrogens is 384 g/mol. The second-order valence-electron chi connectivity index (χ2n) is 4.94. The van der Waals surface area contributed by atoms with Crippen LogP contribution in [0, 0.1) is 15.4 Å². The van der Waals surface area contributed by atoms with Crippen molar-refractivity contribution in [2.45, 2.75) is 31.9 Å². The number of hydrogen-bond donors (Lipinski definition) is 1. The summed E-state index contributed by atoms with van der Waals surface area (Å²) in [6.07, 6.45) is -1.90. The highest BCUT2D eigenvalue weighted by atomic mass is 127. The molecule has 3 nitrogen and oxygen atoms in total. The molecule has 0 unspecified atom stereocenters. The van der Waals surface area contributed by atoms with Gasteiger partial charge in [0.15, 0.2) is 0 Å². The predicted octanol–water partition coefficient (Wildman–Crippen LogP) is 3.99. The van der Waals surface area contributed by atoms with Crippen molar-refractivity contribution in [2.75, 3.05) is 5.32 Å². The van der Waals surface area contributed by atoms with E-state index in [0.717, 1.165) is 3.57 Å². The Labute approximate surface area is 128 Å². The van der Waals surface area contributed by atoms with Crippen molar-refractivity contribution in [1.82, 2.24) is 4.98 Å². The summed E-state index contributed by atoms with van der Waals surface area (Å²) in [5, 5.41) is 2.66. The van der Waals surface area contributed by atoms with E-state index >= 15 is 0 Å². The molecular formula is C13H14F3IN2O. The van der Waals surface area contributed by atoms with E-state index in [2.05, 4.69) is 32.9 Å². The van der Waals surface area contributed by atoms with Crippen LogP contribution in [0.5, 0.6) is 0 Å². The molecule has 0 atom stereocenters. The lowest BCUT2D eigenvalue weighted by molar-refractivity contribution is -0.184. The Hall–Kier alpha value is -0.860. The van der Waals surface area contributed by atoms with Gasteiger partial charge in [-0.3, -0.25) is 4.79 Å². The Kier molecular flexibility index (Phi) is 4.87. The number of hydrogen-bond acceptors (Lipinski definition) is 2. The van der Waals surface area contributed by atoms with Crippen molar-refractivity contribution in [3.05, 3.63) is 21.9 Å². The van der Waals surface area contributed by atoms with E-state index in [1.165, 1.54) is 0 Å². The molecule has 0 spiro atoms. The van der Waals surface area contributed by atoms with Gasteiger partial charge >= 0.3 is 6.18 Å². The molecule has 1 N–H and O–H groups in total. The zero-order valence-corrected chi connectivity index (χ0v) is 12.7. The monoisotopic (exact) mass is 398 g/mol. The number of carbonyl (C=O) groups is 1. The summed E-state index contributed by atoms with van der Waals surface area (Å²) in [4.78, 5) is 16.0. The van der Waals surface area contributed by atoms with Gasteiger partial charge in [-0.15, -0.1) is 0 Å². The van der Waals surface area contributed by atoms with Gasteiger partial charge in [0.2, 0.25) is 5.91 Å². The Balaban J connectivity index is 1.87. The highest BCUT2D eigenvalue weighted by molar-refractivity contribution is 14.1. The molecule has 0 aliphatic heterocycles. The van der Waals surface area contributed by atoms with Gasteiger partial charge in [0.25, 0.3) is 0 Å². The Bertz CT molecular complexity index is 467. The van der Waals surface area contributed by atoms with Gasteiger partial charge < -0.3 is 5.32 Å². The molecule has 0 bridgehead atoms. The molecule has 1 aliphatic rings. The van der Waals surface area contributed by atoms with E-state index in [9.17, 15) is 18.0 Å². The summed E-state index contributed by atoms with van der Waals surface area (Å²) < 4.78 is 38.6. The maximum Gasteiger partial charge on any atom is 0.391 e. The van der Waals surface area contributed by atoms with Crippen LogP contribution >= 0.6 is 22.6 Å². The number of nitrogens with zero attached hydrogens (tertiary/aromatic N) is 1. The molecule has 1 aromatic rings. The lowest BCUT2D eigenvalue weighted by atomic mass is 9.81. The lowest BCUT2D eigenvalue weighted by Gasteiger charge is -2.28. The molecule has 1 aromatic heterocycles. The maximum absolute atomic E-state index is 12.5. The zero-order chi connectivity index (χ0) is 14.8. The summed E-state index contributed by atoms with van der Waals surface area (Å²) in [6.45, 7) is 0. The van der Waals surface area contributed by atoms with Crippen molar-refractivity contribution in [3.8, 4) is 0 Å². The fraction of sp³-hybridized carbons (Fsp3) is 0.538. The smallest absolute Gasteiger partial charge is 0.310 e. The van der Waals surface area contributed by atoms with Gasteiger partial charge in [-0.1, -0.05) is 0 Å². The summed E-state index contributed by atoms with van der Waals surface area (Å²) >= 11 is 2.10. The van der Waals surface area contributed by atoms with Crippen molar-refractivity contribution >= 4 is 34.3 Å². The largest absolute Gasteiger partial charge is 0.391 e. The van der Waals surface area contributed by atoms with Crippen LogP contribution in [0.2, 0.25) is 0 Å². The number of pyridine rings is 1. The van der Waals surface area contributed by atoms with Crippen LogP contribution in [0.15, 0.2) is 18.3 Å². The van der Waals surface area contributed by atoms with Crippen LogP contribution in [0.3, 0.4) is 0 Å². The SMILES string of the molecule is O=C(Nc1ccc(I)cn1)C1CCC(C(F)(F)F)CC1. The van der Waals surface area contributed by atoms with Crippen LogP contribution in [0.25, 0.3) is 0 Å². The van der Waals surface area contributed by atoms with E-state index in [0.29, 0.717) is 5.82 Å². The first-order valence-electron chi connectivity index (χ1n) is 6.35. The van der Waals surface area contributed by atoms with E-state index in [1.54, 1.807) is 12.3 Å². The molecule has 0 saturated heterocycles. The number of amides is 1. The summed E-state index contributed by atoms with van der Waals surface area (Å²) in [6, 6.07) is 3.49. The molecule has 2 rings (SSSR count). The normalized spacial score (nSPS) is 23.4. The summed E-state index contributed by atoms with van der Waals surface area (Å²) in [5.74, 6) is -1.41. The number of nitrogens with one attached hydrogen (secondary N) is 1. The average Bonchev–Trinajstić information content (AvgIpc) is 2.40. The third-order valence-electron chi connectivity index (χ3n) is 3.54. The minimum atomic E-state index is -4.14. The third-order valence-corrected chi connectivity index (χ3v) is 4.18. The number of aromatic nitrogens is 1. The van der Waals surface area contributed by atoms with Crippen molar-refractivity contribution < 1.29 is 18.0 Å². The van der Waals surface area contributed by atoms with Gasteiger partial charge in [-0.2, -0.15) is 13.2 Å². The molecule has 1 amide bonds. The van der Waals surface area contributed by atoms with E-state index in [4.69, 9.17) is 0 Å². The first-order chi connectivity index (χ1) is 9.36. The van der Waals surface area contributed by atoms with E-state index in [-0.39, 0.29) is 37.5 Å². The second-order valence-corrected chi connectivity index (χ2v) is 6.19. The fourth-order valence-electron chi connectivity index (χ4n) is 2.36. The molecule has 7 heteroatoms. The third kappa shape index (κ3) is 4.07. The Morgan fingerprint density at radius 2 is 1.90 bits per heavy atom. The molecule has 1 fully saturated rings. The zero-order valence-electron chi connectivity index (χ0n) is 10.6. The highest BCUT2D eigenvalue weighted by Crippen LogP contribution is 2.39. The highest BCUT2D eigenvalue weighted by Gasteiger charge is 2.42. The average molecular weight is 398 g/mol. The second kappa shape index (κ2) is 6.28. The van der Waals surface area contributed by atoms with Crippen molar-refractivity contribution in [2.24, 2.45) is 11.8 Å². The van der Waals surface area contributed by atoms with Crippen LogP contribution in [-0.2, 0) is 4.79 Å². The van der Waals surface area contributed by atoms with Crippen LogP contribution in [-0.4, -0.2) is 17.1 Å². The lowest BCUT2D eigenvalue weighted by Crippen LogP contribution is -2.32. The van der Waals surface area contributed by atoms with Crippen molar-refractivity contribution in [1.29, 1.82) is 0 Å². The molecule has 0 aromatic carbocycles. The minimum Gasteiger partial charge on any atom is -0.310 e. The number of halogens is 4.